The van der Waals surface area contributed by atoms with Gasteiger partial charge in [-0.05, 0) is 46.6 Å². The van der Waals surface area contributed by atoms with Crippen molar-refractivity contribution in [3.05, 3.63) is 0 Å². The Hall–Kier alpha value is -1.00. The molecule has 0 aliphatic rings. The molecule has 178 valence electrons. The van der Waals surface area contributed by atoms with Crippen molar-refractivity contribution in [1.29, 1.82) is 0 Å². The van der Waals surface area contributed by atoms with Gasteiger partial charge in [-0.1, -0.05) is 39.5 Å². The van der Waals surface area contributed by atoms with Crippen molar-refractivity contribution in [3.63, 3.8) is 0 Å². The highest BCUT2D eigenvalue weighted by Crippen LogP contribution is 2.36. The Morgan fingerprint density at radius 2 is 1.33 bits per heavy atom. The maximum absolute atomic E-state index is 12.3. The first kappa shape index (κ1) is 29.0. The lowest BCUT2D eigenvalue weighted by molar-refractivity contribution is -0.160. The molecule has 0 aliphatic heterocycles. The second kappa shape index (κ2) is 15.7. The van der Waals surface area contributed by atoms with Crippen LogP contribution in [0.15, 0.2) is 0 Å². The fourth-order valence-corrected chi connectivity index (χ4v) is 6.42. The maximum atomic E-state index is 12.3. The smallest absolute Gasteiger partial charge is 0.481 e. The van der Waals surface area contributed by atoms with Gasteiger partial charge in [0.25, 0.3) is 0 Å². The van der Waals surface area contributed by atoms with Crippen LogP contribution in [-0.4, -0.2) is 63.4 Å². The molecule has 0 bridgehead atoms. The molecule has 0 saturated heterocycles. The van der Waals surface area contributed by atoms with E-state index in [1.54, 1.807) is 0 Å². The zero-order valence-electron chi connectivity index (χ0n) is 19.5. The first-order valence-electron chi connectivity index (χ1n) is 11.4. The SMILES string of the molecule is CCCCC(CCCC)(C(=O)O)[C@H](NCCC[Si](OCC)(OCC)OCC)C(=O)O. The highest BCUT2D eigenvalue weighted by atomic mass is 28.4. The van der Waals surface area contributed by atoms with Crippen LogP contribution in [0.25, 0.3) is 0 Å². The van der Waals surface area contributed by atoms with Crippen LogP contribution in [0.3, 0.4) is 0 Å². The first-order chi connectivity index (χ1) is 14.3. The number of hydrogen-bond acceptors (Lipinski definition) is 6. The summed E-state index contributed by atoms with van der Waals surface area (Å²) >= 11 is 0. The van der Waals surface area contributed by atoms with Crippen LogP contribution in [0.2, 0.25) is 6.04 Å². The lowest BCUT2D eigenvalue weighted by Gasteiger charge is -2.36. The molecular weight excluding hydrogens is 406 g/mol. The molecule has 0 aromatic rings. The van der Waals surface area contributed by atoms with E-state index in [-0.39, 0.29) is 0 Å². The minimum absolute atomic E-state index is 0.346. The monoisotopic (exact) mass is 449 g/mol. The number of aliphatic carboxylic acids is 2. The van der Waals surface area contributed by atoms with Crippen LogP contribution in [0.1, 0.15) is 79.6 Å². The van der Waals surface area contributed by atoms with Crippen molar-refractivity contribution in [1.82, 2.24) is 5.32 Å². The van der Waals surface area contributed by atoms with E-state index in [4.69, 9.17) is 13.3 Å². The number of unbranched alkanes of at least 4 members (excludes halogenated alkanes) is 2. The summed E-state index contributed by atoms with van der Waals surface area (Å²) in [5.74, 6) is -2.15. The average Bonchev–Trinajstić information content (AvgIpc) is 2.69. The predicted octanol–water partition coefficient (Wildman–Crippen LogP) is 3.92. The van der Waals surface area contributed by atoms with Crippen molar-refractivity contribution in [3.8, 4) is 0 Å². The van der Waals surface area contributed by atoms with Gasteiger partial charge < -0.3 is 28.8 Å². The van der Waals surface area contributed by atoms with Gasteiger partial charge in [0, 0.05) is 25.9 Å². The van der Waals surface area contributed by atoms with E-state index in [9.17, 15) is 19.8 Å². The Kier molecular flexibility index (Phi) is 15.2. The summed E-state index contributed by atoms with van der Waals surface area (Å²) in [5, 5.41) is 22.9. The molecule has 0 saturated carbocycles. The summed E-state index contributed by atoms with van der Waals surface area (Å²) in [5.41, 5.74) is -1.31. The normalized spacial score (nSPS) is 13.4. The fraction of sp³-hybridized carbons (Fsp3) is 0.905. The highest BCUT2D eigenvalue weighted by Gasteiger charge is 2.48. The maximum Gasteiger partial charge on any atom is 0.500 e. The molecule has 0 aromatic heterocycles. The van der Waals surface area contributed by atoms with Crippen LogP contribution >= 0.6 is 0 Å². The molecule has 0 radical (unpaired) electrons. The van der Waals surface area contributed by atoms with E-state index in [0.29, 0.717) is 64.5 Å². The van der Waals surface area contributed by atoms with Crippen molar-refractivity contribution < 1.29 is 33.1 Å². The minimum Gasteiger partial charge on any atom is -0.481 e. The number of carboxylic acid groups (broad SMARTS) is 2. The van der Waals surface area contributed by atoms with Gasteiger partial charge in [0.2, 0.25) is 0 Å². The van der Waals surface area contributed by atoms with E-state index in [0.717, 1.165) is 12.8 Å². The minimum atomic E-state index is -2.81. The van der Waals surface area contributed by atoms with E-state index in [2.05, 4.69) is 5.32 Å². The van der Waals surface area contributed by atoms with Crippen LogP contribution in [0, 0.1) is 5.41 Å². The van der Waals surface area contributed by atoms with Gasteiger partial charge in [-0.15, -0.1) is 0 Å². The Balaban J connectivity index is 5.34. The lowest BCUT2D eigenvalue weighted by Crippen LogP contribution is -2.55. The predicted molar refractivity (Wildman–Crippen MR) is 119 cm³/mol. The van der Waals surface area contributed by atoms with Crippen LogP contribution in [-0.2, 0) is 22.9 Å². The third-order valence-electron chi connectivity index (χ3n) is 5.28. The molecule has 8 nitrogen and oxygen atoms in total. The molecule has 0 spiro atoms. The van der Waals surface area contributed by atoms with Crippen molar-refractivity contribution in [2.45, 2.75) is 91.7 Å². The molecule has 9 heteroatoms. The number of rotatable bonds is 20. The molecule has 0 amide bonds. The van der Waals surface area contributed by atoms with E-state index in [1.165, 1.54) is 0 Å². The van der Waals surface area contributed by atoms with Crippen LogP contribution < -0.4 is 5.32 Å². The number of nitrogens with one attached hydrogen (secondary N) is 1. The van der Waals surface area contributed by atoms with Crippen LogP contribution in [0.4, 0.5) is 0 Å². The van der Waals surface area contributed by atoms with Crippen molar-refractivity contribution in [2.75, 3.05) is 26.4 Å². The second-order valence-corrected chi connectivity index (χ2v) is 10.2. The van der Waals surface area contributed by atoms with Gasteiger partial charge in [0.1, 0.15) is 6.04 Å². The molecule has 0 fully saturated rings. The molecule has 0 heterocycles. The largest absolute Gasteiger partial charge is 0.500 e. The molecule has 0 aromatic carbocycles. The molecule has 3 N–H and O–H groups in total. The van der Waals surface area contributed by atoms with Gasteiger partial charge in [-0.25, -0.2) is 0 Å². The van der Waals surface area contributed by atoms with E-state index in [1.807, 2.05) is 34.6 Å². The molecular formula is C21H43NO7Si. The first-order valence-corrected chi connectivity index (χ1v) is 13.3. The van der Waals surface area contributed by atoms with E-state index >= 15 is 0 Å². The third kappa shape index (κ3) is 9.01. The van der Waals surface area contributed by atoms with Gasteiger partial charge in [-0.2, -0.15) is 0 Å². The zero-order valence-corrected chi connectivity index (χ0v) is 20.5. The molecule has 30 heavy (non-hydrogen) atoms. The summed E-state index contributed by atoms with van der Waals surface area (Å²) in [6.07, 6.45) is 4.26. The fourth-order valence-electron chi connectivity index (χ4n) is 3.81. The lowest BCUT2D eigenvalue weighted by atomic mass is 9.72. The standard InChI is InChI=1S/C21H43NO7Si/c1-6-11-14-21(20(25)26,15-12-7-2)18(19(23)24)22-16-13-17-30(27-8-3,28-9-4)29-10-5/h18,22H,6-17H2,1-5H3,(H,23,24)(H,25,26)/t18-/m1/s1. The Labute approximate surface area is 183 Å². The highest BCUT2D eigenvalue weighted by molar-refractivity contribution is 6.60. The summed E-state index contributed by atoms with van der Waals surface area (Å²) in [6.45, 7) is 11.4. The Morgan fingerprint density at radius 3 is 1.67 bits per heavy atom. The van der Waals surface area contributed by atoms with Gasteiger partial charge in [-0.3, -0.25) is 9.59 Å². The number of carbonyl (C=O) groups is 2. The van der Waals surface area contributed by atoms with Crippen LogP contribution in [0.5, 0.6) is 0 Å². The summed E-state index contributed by atoms with van der Waals surface area (Å²) in [6, 6.07) is -0.596. The number of carboxylic acids is 2. The Bertz CT molecular complexity index is 465. The molecule has 0 aliphatic carbocycles. The second-order valence-electron chi connectivity index (χ2n) is 7.48. The van der Waals surface area contributed by atoms with Gasteiger partial charge >= 0.3 is 20.7 Å². The van der Waals surface area contributed by atoms with Gasteiger partial charge in [0.15, 0.2) is 0 Å². The zero-order chi connectivity index (χ0) is 23.0. The average molecular weight is 450 g/mol. The Morgan fingerprint density at radius 1 is 0.867 bits per heavy atom. The van der Waals surface area contributed by atoms with E-state index < -0.39 is 32.2 Å². The third-order valence-corrected chi connectivity index (χ3v) is 8.43. The summed E-state index contributed by atoms with van der Waals surface area (Å²) < 4.78 is 17.5. The summed E-state index contributed by atoms with van der Waals surface area (Å²) in [7, 11) is -2.81. The quantitative estimate of drug-likeness (QED) is 0.189. The number of hydrogen-bond donors (Lipinski definition) is 3. The molecule has 1 atom stereocenters. The molecule has 0 unspecified atom stereocenters. The topological polar surface area (TPSA) is 114 Å². The summed E-state index contributed by atoms with van der Waals surface area (Å²) in [4.78, 5) is 24.4. The van der Waals surface area contributed by atoms with Gasteiger partial charge in [0.05, 0.1) is 5.41 Å². The van der Waals surface area contributed by atoms with Crippen molar-refractivity contribution >= 4 is 20.7 Å². The van der Waals surface area contributed by atoms with Crippen molar-refractivity contribution in [2.24, 2.45) is 5.41 Å². The molecule has 0 rings (SSSR count).